The van der Waals surface area contributed by atoms with Crippen LogP contribution in [0.5, 0.6) is 0 Å². The van der Waals surface area contributed by atoms with Crippen molar-refractivity contribution in [1.29, 1.82) is 0 Å². The zero-order valence-electron chi connectivity index (χ0n) is 6.98. The third kappa shape index (κ3) is 1.97. The van der Waals surface area contributed by atoms with Crippen molar-refractivity contribution in [3.8, 4) is 11.5 Å². The van der Waals surface area contributed by atoms with Crippen molar-refractivity contribution in [1.82, 2.24) is 10.1 Å². The number of nitrogen functional groups attached to an aromatic ring is 1. The summed E-state index contributed by atoms with van der Waals surface area (Å²) in [4.78, 5) is 3.86. The van der Waals surface area contributed by atoms with E-state index in [1.54, 1.807) is 12.1 Å². The lowest BCUT2D eigenvalue weighted by atomic mass is 10.2. The van der Waals surface area contributed by atoms with Crippen LogP contribution in [0, 0.1) is 0 Å². The van der Waals surface area contributed by atoms with Crippen LogP contribution >= 0.6 is 24.0 Å². The molecule has 0 spiro atoms. The molecule has 0 bridgehead atoms. The second-order valence-electron chi connectivity index (χ2n) is 2.44. The molecule has 0 fully saturated rings. The number of hydrogen-bond acceptors (Lipinski definition) is 4. The van der Waals surface area contributed by atoms with Crippen LogP contribution in [0.15, 0.2) is 28.8 Å². The van der Waals surface area contributed by atoms with Gasteiger partial charge in [-0.2, -0.15) is 4.98 Å². The van der Waals surface area contributed by atoms with E-state index in [-0.39, 0.29) is 18.4 Å². The first-order valence-electron chi connectivity index (χ1n) is 3.61. The second kappa shape index (κ2) is 4.30. The molecule has 2 aromatic rings. The number of halogens is 2. The van der Waals surface area contributed by atoms with Crippen molar-refractivity contribution in [3.05, 3.63) is 29.3 Å². The van der Waals surface area contributed by atoms with Gasteiger partial charge in [-0.3, -0.25) is 0 Å². The van der Waals surface area contributed by atoms with Crippen LogP contribution in [0.2, 0.25) is 5.02 Å². The van der Waals surface area contributed by atoms with Crippen molar-refractivity contribution < 1.29 is 4.52 Å². The highest BCUT2D eigenvalue weighted by atomic mass is 35.5. The maximum atomic E-state index is 5.90. The Morgan fingerprint density at radius 2 is 2.00 bits per heavy atom. The number of nitrogens with zero attached hydrogens (tertiary/aromatic N) is 2. The largest absolute Gasteiger partial charge is 0.365 e. The average molecular weight is 232 g/mol. The van der Waals surface area contributed by atoms with E-state index in [2.05, 4.69) is 10.1 Å². The Labute approximate surface area is 91.5 Å². The van der Waals surface area contributed by atoms with E-state index in [1.807, 2.05) is 12.1 Å². The Hall–Kier alpha value is -1.26. The minimum Gasteiger partial charge on any atom is -0.365 e. The number of hydrogen-bond donors (Lipinski definition) is 1. The fraction of sp³-hybridized carbons (Fsp3) is 0. The van der Waals surface area contributed by atoms with Crippen molar-refractivity contribution in [2.24, 2.45) is 0 Å². The minimum atomic E-state index is 0. The van der Waals surface area contributed by atoms with Gasteiger partial charge in [-0.05, 0) is 17.3 Å². The highest BCUT2D eigenvalue weighted by Crippen LogP contribution is 2.25. The van der Waals surface area contributed by atoms with Gasteiger partial charge in [0.2, 0.25) is 0 Å². The molecule has 1 aromatic carbocycles. The third-order valence-corrected chi connectivity index (χ3v) is 1.88. The van der Waals surface area contributed by atoms with Gasteiger partial charge in [0.1, 0.15) is 0 Å². The first-order valence-corrected chi connectivity index (χ1v) is 3.99. The molecular weight excluding hydrogens is 225 g/mol. The first-order chi connectivity index (χ1) is 6.27. The lowest BCUT2D eigenvalue weighted by Gasteiger charge is -1.95. The van der Waals surface area contributed by atoms with Crippen LogP contribution in [-0.4, -0.2) is 10.1 Å². The molecule has 1 heterocycles. The van der Waals surface area contributed by atoms with Gasteiger partial charge >= 0.3 is 0 Å². The number of nitrogens with two attached hydrogens (primary N) is 1. The van der Waals surface area contributed by atoms with E-state index in [1.165, 1.54) is 0 Å². The monoisotopic (exact) mass is 231 g/mol. The summed E-state index contributed by atoms with van der Waals surface area (Å²) in [6.45, 7) is 0. The standard InChI is InChI=1S/C8H6ClN3O.ClH/c9-6-4-2-1-3-5(6)7-11-8(10)12-13-7;/h1-4H,(H2,10,12);1H. The fourth-order valence-electron chi connectivity index (χ4n) is 0.979. The highest BCUT2D eigenvalue weighted by molar-refractivity contribution is 6.33. The molecule has 0 aliphatic carbocycles. The molecule has 2 N–H and O–H groups in total. The van der Waals surface area contributed by atoms with E-state index in [4.69, 9.17) is 21.9 Å². The maximum absolute atomic E-state index is 5.90. The van der Waals surface area contributed by atoms with Gasteiger partial charge in [0.05, 0.1) is 10.6 Å². The summed E-state index contributed by atoms with van der Waals surface area (Å²) in [6, 6.07) is 7.19. The van der Waals surface area contributed by atoms with Gasteiger partial charge in [-0.25, -0.2) is 0 Å². The molecule has 1 aromatic heterocycles. The molecule has 0 atom stereocenters. The molecule has 6 heteroatoms. The van der Waals surface area contributed by atoms with Gasteiger partial charge in [0, 0.05) is 0 Å². The zero-order chi connectivity index (χ0) is 9.26. The molecule has 0 aliphatic rings. The minimum absolute atomic E-state index is 0. The van der Waals surface area contributed by atoms with Crippen LogP contribution in [0.1, 0.15) is 0 Å². The Bertz CT molecular complexity index is 430. The Balaban J connectivity index is 0.000000980. The maximum Gasteiger partial charge on any atom is 0.261 e. The van der Waals surface area contributed by atoms with Crippen molar-refractivity contribution in [3.63, 3.8) is 0 Å². The zero-order valence-corrected chi connectivity index (χ0v) is 8.55. The van der Waals surface area contributed by atoms with E-state index in [0.29, 0.717) is 16.5 Å². The molecule has 0 aliphatic heterocycles. The predicted octanol–water partition coefficient (Wildman–Crippen LogP) is 2.39. The Kier molecular flexibility index (Phi) is 3.33. The second-order valence-corrected chi connectivity index (χ2v) is 2.84. The van der Waals surface area contributed by atoms with Crippen molar-refractivity contribution >= 4 is 30.0 Å². The van der Waals surface area contributed by atoms with Gasteiger partial charge in [-0.1, -0.05) is 23.7 Å². The van der Waals surface area contributed by atoms with Crippen LogP contribution in [-0.2, 0) is 0 Å². The van der Waals surface area contributed by atoms with Gasteiger partial charge < -0.3 is 10.3 Å². The summed E-state index contributed by atoms with van der Waals surface area (Å²) in [7, 11) is 0. The number of aromatic nitrogens is 2. The molecule has 14 heavy (non-hydrogen) atoms. The SMILES string of the molecule is Cl.Nc1noc(-c2ccccc2Cl)n1. The topological polar surface area (TPSA) is 64.9 Å². The number of anilines is 1. The summed E-state index contributed by atoms with van der Waals surface area (Å²) >= 11 is 5.90. The summed E-state index contributed by atoms with van der Waals surface area (Å²) < 4.78 is 4.86. The van der Waals surface area contributed by atoms with E-state index < -0.39 is 0 Å². The Morgan fingerprint density at radius 3 is 2.57 bits per heavy atom. The van der Waals surface area contributed by atoms with Crippen LogP contribution in [0.3, 0.4) is 0 Å². The molecule has 0 radical (unpaired) electrons. The first kappa shape index (κ1) is 10.8. The van der Waals surface area contributed by atoms with Crippen LogP contribution in [0.25, 0.3) is 11.5 Å². The fourth-order valence-corrected chi connectivity index (χ4v) is 1.20. The van der Waals surface area contributed by atoms with Crippen molar-refractivity contribution in [2.45, 2.75) is 0 Å². The van der Waals surface area contributed by atoms with Gasteiger partial charge in [0.15, 0.2) is 0 Å². The lowest BCUT2D eigenvalue weighted by Crippen LogP contribution is -1.85. The number of benzene rings is 1. The smallest absolute Gasteiger partial charge is 0.261 e. The third-order valence-electron chi connectivity index (χ3n) is 1.55. The summed E-state index contributed by atoms with van der Waals surface area (Å²) in [5.41, 5.74) is 6.00. The molecule has 0 saturated heterocycles. The summed E-state index contributed by atoms with van der Waals surface area (Å²) in [6.07, 6.45) is 0. The van der Waals surface area contributed by atoms with E-state index in [0.717, 1.165) is 0 Å². The van der Waals surface area contributed by atoms with Gasteiger partial charge in [-0.15, -0.1) is 12.4 Å². The molecule has 0 saturated carbocycles. The van der Waals surface area contributed by atoms with Crippen LogP contribution in [0.4, 0.5) is 5.95 Å². The predicted molar refractivity (Wildman–Crippen MR) is 56.4 cm³/mol. The molecule has 2 rings (SSSR count). The van der Waals surface area contributed by atoms with E-state index in [9.17, 15) is 0 Å². The van der Waals surface area contributed by atoms with E-state index >= 15 is 0 Å². The Morgan fingerprint density at radius 1 is 1.29 bits per heavy atom. The quantitative estimate of drug-likeness (QED) is 0.819. The molecule has 0 unspecified atom stereocenters. The highest BCUT2D eigenvalue weighted by Gasteiger charge is 2.09. The molecule has 4 nitrogen and oxygen atoms in total. The van der Waals surface area contributed by atoms with Gasteiger partial charge in [0.25, 0.3) is 11.8 Å². The number of rotatable bonds is 1. The molecule has 74 valence electrons. The van der Waals surface area contributed by atoms with Crippen LogP contribution < -0.4 is 5.73 Å². The summed E-state index contributed by atoms with van der Waals surface area (Å²) in [5.74, 6) is 0.443. The van der Waals surface area contributed by atoms with Crippen molar-refractivity contribution in [2.75, 3.05) is 5.73 Å². The summed E-state index contributed by atoms with van der Waals surface area (Å²) in [5, 5.41) is 4.03. The lowest BCUT2D eigenvalue weighted by molar-refractivity contribution is 0.433. The molecule has 0 amide bonds. The normalized spacial score (nSPS) is 9.50. The average Bonchev–Trinajstić information content (AvgIpc) is 2.53. The molecular formula is C8H7Cl2N3O.